The van der Waals surface area contributed by atoms with E-state index in [1.807, 2.05) is 30.3 Å². The summed E-state index contributed by atoms with van der Waals surface area (Å²) in [6.45, 7) is 2.54. The third-order valence-electron chi connectivity index (χ3n) is 5.31. The zero-order chi connectivity index (χ0) is 18.9. The molecule has 1 aliphatic carbocycles. The normalized spacial score (nSPS) is 19.8. The summed E-state index contributed by atoms with van der Waals surface area (Å²) in [5, 5.41) is 4.08. The van der Waals surface area contributed by atoms with E-state index < -0.39 is 0 Å². The zero-order valence-corrected chi connectivity index (χ0v) is 15.6. The predicted molar refractivity (Wildman–Crippen MR) is 102 cm³/mol. The first-order valence-corrected chi connectivity index (χ1v) is 9.80. The van der Waals surface area contributed by atoms with Crippen LogP contribution in [-0.2, 0) is 6.54 Å². The molecule has 5 rings (SSSR count). The van der Waals surface area contributed by atoms with Gasteiger partial charge in [-0.05, 0) is 61.2 Å². The van der Waals surface area contributed by atoms with Crippen molar-refractivity contribution < 1.29 is 13.7 Å². The topological polar surface area (TPSA) is 51.4 Å². The molecule has 0 amide bonds. The lowest BCUT2D eigenvalue weighted by Gasteiger charge is -2.17. The molecule has 2 heterocycles. The smallest absolute Gasteiger partial charge is 0.230 e. The average Bonchev–Trinajstić information content (AvgIpc) is 3.26. The Kier molecular flexibility index (Phi) is 4.56. The maximum atomic E-state index is 13.3. The van der Waals surface area contributed by atoms with Gasteiger partial charge in [0.15, 0.2) is 0 Å². The monoisotopic (exact) mass is 379 g/mol. The second-order valence-electron chi connectivity index (χ2n) is 7.65. The standard InChI is InChI=1S/C22H22FN3O2/c23-18-3-1-2-15(12-18)13-26-11-10-20(14-26)27-19-8-6-16(7-9-19)21-24-22(28-25-21)17-4-5-17/h1-3,6-9,12,17,20H,4-5,10-11,13-14H2. The Hall–Kier alpha value is -2.73. The molecule has 0 spiro atoms. The van der Waals surface area contributed by atoms with Crippen LogP contribution in [0.5, 0.6) is 5.75 Å². The number of hydrogen-bond acceptors (Lipinski definition) is 5. The molecule has 0 radical (unpaired) electrons. The summed E-state index contributed by atoms with van der Waals surface area (Å²) in [7, 11) is 0. The summed E-state index contributed by atoms with van der Waals surface area (Å²) in [6, 6.07) is 14.6. The largest absolute Gasteiger partial charge is 0.489 e. The fraction of sp³-hybridized carbons (Fsp3) is 0.364. The van der Waals surface area contributed by atoms with E-state index in [9.17, 15) is 4.39 Å². The highest BCUT2D eigenvalue weighted by molar-refractivity contribution is 5.55. The highest BCUT2D eigenvalue weighted by atomic mass is 19.1. The van der Waals surface area contributed by atoms with E-state index >= 15 is 0 Å². The number of rotatable bonds is 6. The van der Waals surface area contributed by atoms with Crippen LogP contribution in [0.2, 0.25) is 0 Å². The van der Waals surface area contributed by atoms with E-state index in [4.69, 9.17) is 9.26 Å². The van der Waals surface area contributed by atoms with Gasteiger partial charge in [-0.3, -0.25) is 4.90 Å². The molecule has 5 nitrogen and oxygen atoms in total. The third kappa shape index (κ3) is 3.92. The summed E-state index contributed by atoms with van der Waals surface area (Å²) < 4.78 is 24.8. The van der Waals surface area contributed by atoms with Crippen LogP contribution in [0.3, 0.4) is 0 Å². The lowest BCUT2D eigenvalue weighted by Crippen LogP contribution is -2.24. The van der Waals surface area contributed by atoms with E-state index in [1.54, 1.807) is 12.1 Å². The fourth-order valence-corrected chi connectivity index (χ4v) is 3.65. The molecule has 2 aliphatic rings. The Bertz CT molecular complexity index is 952. The Morgan fingerprint density at radius 2 is 1.96 bits per heavy atom. The quantitative estimate of drug-likeness (QED) is 0.635. The van der Waals surface area contributed by atoms with Gasteiger partial charge < -0.3 is 9.26 Å². The minimum absolute atomic E-state index is 0.144. The van der Waals surface area contributed by atoms with Gasteiger partial charge in [-0.25, -0.2) is 4.39 Å². The number of likely N-dealkylation sites (tertiary alicyclic amines) is 1. The van der Waals surface area contributed by atoms with Crippen LogP contribution in [0.4, 0.5) is 4.39 Å². The van der Waals surface area contributed by atoms with Gasteiger partial charge in [-0.1, -0.05) is 17.3 Å². The molecule has 6 heteroatoms. The van der Waals surface area contributed by atoms with Crippen molar-refractivity contribution in [2.75, 3.05) is 13.1 Å². The molecule has 1 aliphatic heterocycles. The van der Waals surface area contributed by atoms with Crippen molar-refractivity contribution in [3.63, 3.8) is 0 Å². The molecule has 1 saturated heterocycles. The molecule has 144 valence electrons. The summed E-state index contributed by atoms with van der Waals surface area (Å²) in [4.78, 5) is 6.78. The molecular weight excluding hydrogens is 357 g/mol. The minimum atomic E-state index is -0.185. The van der Waals surface area contributed by atoms with Gasteiger partial charge in [0.2, 0.25) is 11.7 Å². The highest BCUT2D eigenvalue weighted by Crippen LogP contribution is 2.39. The minimum Gasteiger partial charge on any atom is -0.489 e. The highest BCUT2D eigenvalue weighted by Gasteiger charge is 2.30. The fourth-order valence-electron chi connectivity index (χ4n) is 3.65. The summed E-state index contributed by atoms with van der Waals surface area (Å²) in [5.74, 6) is 2.50. The van der Waals surface area contributed by atoms with Gasteiger partial charge >= 0.3 is 0 Å². The molecule has 0 bridgehead atoms. The molecule has 2 fully saturated rings. The first-order valence-electron chi connectivity index (χ1n) is 9.80. The van der Waals surface area contributed by atoms with Gasteiger partial charge in [0.25, 0.3) is 0 Å². The Labute approximate surface area is 163 Å². The number of hydrogen-bond donors (Lipinski definition) is 0. The van der Waals surface area contributed by atoms with E-state index in [0.29, 0.717) is 11.7 Å². The first-order chi connectivity index (χ1) is 13.7. The van der Waals surface area contributed by atoms with Gasteiger partial charge in [-0.15, -0.1) is 0 Å². The first kappa shape index (κ1) is 17.4. The lowest BCUT2D eigenvalue weighted by molar-refractivity contribution is 0.198. The van der Waals surface area contributed by atoms with Crippen molar-refractivity contribution >= 4 is 0 Å². The van der Waals surface area contributed by atoms with Crippen molar-refractivity contribution in [3.05, 3.63) is 65.8 Å². The number of benzene rings is 2. The SMILES string of the molecule is Fc1cccc(CN2CCC(Oc3ccc(-c4noc(C5CC5)n4)cc3)C2)c1. The second-order valence-corrected chi connectivity index (χ2v) is 7.65. The summed E-state index contributed by atoms with van der Waals surface area (Å²) in [6.07, 6.45) is 3.40. The average molecular weight is 379 g/mol. The molecule has 1 atom stereocenters. The molecule has 2 aromatic carbocycles. The van der Waals surface area contributed by atoms with Gasteiger partial charge in [0, 0.05) is 31.1 Å². The van der Waals surface area contributed by atoms with Crippen LogP contribution >= 0.6 is 0 Å². The van der Waals surface area contributed by atoms with Crippen LogP contribution in [-0.4, -0.2) is 34.2 Å². The molecule has 1 saturated carbocycles. The Morgan fingerprint density at radius 3 is 2.75 bits per heavy atom. The van der Waals surface area contributed by atoms with Gasteiger partial charge in [-0.2, -0.15) is 4.98 Å². The van der Waals surface area contributed by atoms with Crippen LogP contribution in [0.25, 0.3) is 11.4 Å². The molecule has 1 aromatic heterocycles. The van der Waals surface area contributed by atoms with E-state index in [1.165, 1.54) is 6.07 Å². The molecule has 3 aromatic rings. The van der Waals surface area contributed by atoms with Crippen LogP contribution in [0.1, 0.15) is 36.6 Å². The second kappa shape index (κ2) is 7.36. The maximum Gasteiger partial charge on any atom is 0.230 e. The lowest BCUT2D eigenvalue weighted by atomic mass is 10.2. The zero-order valence-electron chi connectivity index (χ0n) is 15.6. The van der Waals surface area contributed by atoms with E-state index in [2.05, 4.69) is 15.0 Å². The third-order valence-corrected chi connectivity index (χ3v) is 5.31. The molecule has 28 heavy (non-hydrogen) atoms. The Balaban J connectivity index is 1.17. The molecule has 1 unspecified atom stereocenters. The van der Waals surface area contributed by atoms with Gasteiger partial charge in [0.05, 0.1) is 0 Å². The van der Waals surface area contributed by atoms with Crippen molar-refractivity contribution in [3.8, 4) is 17.1 Å². The van der Waals surface area contributed by atoms with Crippen LogP contribution in [0, 0.1) is 5.82 Å². The van der Waals surface area contributed by atoms with Crippen LogP contribution < -0.4 is 4.74 Å². The van der Waals surface area contributed by atoms with E-state index in [-0.39, 0.29) is 11.9 Å². The number of aromatic nitrogens is 2. The molecular formula is C22H22FN3O2. The van der Waals surface area contributed by atoms with Crippen LogP contribution in [0.15, 0.2) is 53.1 Å². The number of ether oxygens (including phenoxy) is 1. The maximum absolute atomic E-state index is 13.3. The van der Waals surface area contributed by atoms with Crippen molar-refractivity contribution in [2.24, 2.45) is 0 Å². The predicted octanol–water partition coefficient (Wildman–Crippen LogP) is 4.41. The van der Waals surface area contributed by atoms with Crippen molar-refractivity contribution in [1.29, 1.82) is 0 Å². The number of nitrogens with zero attached hydrogens (tertiary/aromatic N) is 3. The number of halogens is 1. The molecule has 0 N–H and O–H groups in total. The van der Waals surface area contributed by atoms with Crippen molar-refractivity contribution in [1.82, 2.24) is 15.0 Å². The van der Waals surface area contributed by atoms with Gasteiger partial charge in [0.1, 0.15) is 17.7 Å². The Morgan fingerprint density at radius 1 is 1.11 bits per heavy atom. The summed E-state index contributed by atoms with van der Waals surface area (Å²) >= 11 is 0. The van der Waals surface area contributed by atoms with Crippen molar-refractivity contribution in [2.45, 2.75) is 37.8 Å². The van der Waals surface area contributed by atoms with E-state index in [0.717, 1.165) is 61.7 Å². The summed E-state index contributed by atoms with van der Waals surface area (Å²) in [5.41, 5.74) is 1.93.